The minimum atomic E-state index is -0.353. The van der Waals surface area contributed by atoms with Gasteiger partial charge in [0.1, 0.15) is 6.29 Å². The number of halogens is 1. The second-order valence-corrected chi connectivity index (χ2v) is 3.62. The molecule has 1 atom stereocenters. The summed E-state index contributed by atoms with van der Waals surface area (Å²) in [5.74, 6) is -0.0777. The number of benzene rings is 1. The molecule has 1 unspecified atom stereocenters. The Hall–Kier alpha value is -1.38. The standard InChI is InChI=1S/C12H15FO2/c1-9(8-14)3-4-10-5-6-12(15-2)11(13)7-10/h5-9H,3-4H2,1-2H3. The van der Waals surface area contributed by atoms with E-state index in [9.17, 15) is 9.18 Å². The molecule has 0 heterocycles. The van der Waals surface area contributed by atoms with Gasteiger partial charge in [-0.05, 0) is 30.5 Å². The summed E-state index contributed by atoms with van der Waals surface area (Å²) in [4.78, 5) is 10.4. The number of carbonyl (C=O) groups excluding carboxylic acids is 1. The third-order valence-corrected chi connectivity index (χ3v) is 2.34. The molecule has 0 aliphatic carbocycles. The van der Waals surface area contributed by atoms with Crippen molar-refractivity contribution in [1.29, 1.82) is 0 Å². The van der Waals surface area contributed by atoms with Crippen LogP contribution in [0.25, 0.3) is 0 Å². The van der Waals surface area contributed by atoms with Crippen molar-refractivity contribution in [3.05, 3.63) is 29.6 Å². The summed E-state index contributed by atoms with van der Waals surface area (Å²) < 4.78 is 18.1. The van der Waals surface area contributed by atoms with Gasteiger partial charge in [-0.1, -0.05) is 13.0 Å². The average molecular weight is 210 g/mol. The average Bonchev–Trinajstić information content (AvgIpc) is 2.26. The molecule has 82 valence electrons. The lowest BCUT2D eigenvalue weighted by atomic mass is 10.0. The Balaban J connectivity index is 2.63. The van der Waals surface area contributed by atoms with Crippen LogP contribution in [-0.4, -0.2) is 13.4 Å². The number of aryl methyl sites for hydroxylation is 1. The van der Waals surface area contributed by atoms with E-state index in [1.54, 1.807) is 6.07 Å². The first-order valence-electron chi connectivity index (χ1n) is 4.95. The minimum Gasteiger partial charge on any atom is -0.494 e. The van der Waals surface area contributed by atoms with E-state index in [1.165, 1.54) is 13.2 Å². The van der Waals surface area contributed by atoms with Crippen molar-refractivity contribution < 1.29 is 13.9 Å². The zero-order chi connectivity index (χ0) is 11.3. The Labute approximate surface area is 89.1 Å². The van der Waals surface area contributed by atoms with E-state index in [1.807, 2.05) is 13.0 Å². The zero-order valence-electron chi connectivity index (χ0n) is 9.00. The van der Waals surface area contributed by atoms with Crippen molar-refractivity contribution in [1.82, 2.24) is 0 Å². The summed E-state index contributed by atoms with van der Waals surface area (Å²) in [6.45, 7) is 1.85. The Morgan fingerprint density at radius 2 is 2.27 bits per heavy atom. The van der Waals surface area contributed by atoms with Gasteiger partial charge in [0, 0.05) is 5.92 Å². The number of methoxy groups -OCH3 is 1. The molecule has 0 N–H and O–H groups in total. The van der Waals surface area contributed by atoms with Crippen molar-refractivity contribution in [2.75, 3.05) is 7.11 Å². The topological polar surface area (TPSA) is 26.3 Å². The molecule has 15 heavy (non-hydrogen) atoms. The highest BCUT2D eigenvalue weighted by atomic mass is 19.1. The lowest BCUT2D eigenvalue weighted by Gasteiger charge is -2.06. The first-order chi connectivity index (χ1) is 7.17. The maximum Gasteiger partial charge on any atom is 0.165 e. The van der Waals surface area contributed by atoms with Crippen LogP contribution in [0, 0.1) is 11.7 Å². The minimum absolute atomic E-state index is 0.0233. The number of ether oxygens (including phenoxy) is 1. The molecule has 0 aliphatic heterocycles. The molecule has 2 nitrogen and oxygen atoms in total. The molecule has 0 spiro atoms. The number of hydrogen-bond donors (Lipinski definition) is 0. The van der Waals surface area contributed by atoms with Gasteiger partial charge in [-0.3, -0.25) is 0 Å². The largest absolute Gasteiger partial charge is 0.494 e. The molecule has 0 saturated carbocycles. The van der Waals surface area contributed by atoms with E-state index in [-0.39, 0.29) is 17.5 Å². The highest BCUT2D eigenvalue weighted by Gasteiger charge is 2.05. The molecule has 1 rings (SSSR count). The van der Waals surface area contributed by atoms with Gasteiger partial charge in [-0.2, -0.15) is 0 Å². The van der Waals surface area contributed by atoms with E-state index in [2.05, 4.69) is 0 Å². The maximum atomic E-state index is 13.3. The zero-order valence-corrected chi connectivity index (χ0v) is 9.00. The van der Waals surface area contributed by atoms with E-state index in [0.717, 1.165) is 18.3 Å². The summed E-state index contributed by atoms with van der Waals surface area (Å²) in [5, 5.41) is 0. The smallest absolute Gasteiger partial charge is 0.165 e. The Morgan fingerprint density at radius 1 is 1.53 bits per heavy atom. The van der Waals surface area contributed by atoms with Crippen molar-refractivity contribution in [3.8, 4) is 5.75 Å². The third-order valence-electron chi connectivity index (χ3n) is 2.34. The van der Waals surface area contributed by atoms with Crippen LogP contribution in [0.4, 0.5) is 4.39 Å². The van der Waals surface area contributed by atoms with Gasteiger partial charge in [-0.25, -0.2) is 4.39 Å². The van der Waals surface area contributed by atoms with Crippen molar-refractivity contribution >= 4 is 6.29 Å². The predicted octanol–water partition coefficient (Wildman–Crippen LogP) is 2.60. The fourth-order valence-corrected chi connectivity index (χ4v) is 1.33. The Bertz CT molecular complexity index is 336. The van der Waals surface area contributed by atoms with Crippen LogP contribution in [0.5, 0.6) is 5.75 Å². The molecule has 1 aromatic rings. The molecule has 0 aromatic heterocycles. The van der Waals surface area contributed by atoms with Crippen LogP contribution in [0.3, 0.4) is 0 Å². The molecule has 3 heteroatoms. The van der Waals surface area contributed by atoms with Crippen LogP contribution in [0.1, 0.15) is 18.9 Å². The van der Waals surface area contributed by atoms with Crippen LogP contribution in [-0.2, 0) is 11.2 Å². The molecule has 0 saturated heterocycles. The van der Waals surface area contributed by atoms with E-state index >= 15 is 0 Å². The molecule has 0 bridgehead atoms. The number of rotatable bonds is 5. The number of aldehydes is 1. The summed E-state index contributed by atoms with van der Waals surface area (Å²) >= 11 is 0. The highest BCUT2D eigenvalue weighted by Crippen LogP contribution is 2.19. The van der Waals surface area contributed by atoms with Gasteiger partial charge < -0.3 is 9.53 Å². The van der Waals surface area contributed by atoms with E-state index in [4.69, 9.17) is 4.74 Å². The summed E-state index contributed by atoms with van der Waals surface area (Å²) in [7, 11) is 1.44. The van der Waals surface area contributed by atoms with Gasteiger partial charge in [-0.15, -0.1) is 0 Å². The van der Waals surface area contributed by atoms with Crippen LogP contribution in [0.15, 0.2) is 18.2 Å². The van der Waals surface area contributed by atoms with Crippen LogP contribution >= 0.6 is 0 Å². The number of hydrogen-bond acceptors (Lipinski definition) is 2. The lowest BCUT2D eigenvalue weighted by molar-refractivity contribution is -0.110. The van der Waals surface area contributed by atoms with E-state index in [0.29, 0.717) is 6.42 Å². The highest BCUT2D eigenvalue weighted by molar-refractivity contribution is 5.52. The monoisotopic (exact) mass is 210 g/mol. The summed E-state index contributed by atoms with van der Waals surface area (Å²) in [5.41, 5.74) is 0.891. The van der Waals surface area contributed by atoms with Crippen molar-refractivity contribution in [2.24, 2.45) is 5.92 Å². The molecule has 0 fully saturated rings. The summed E-state index contributed by atoms with van der Waals surface area (Å²) in [6.07, 6.45) is 2.37. The maximum absolute atomic E-state index is 13.3. The molecule has 0 radical (unpaired) electrons. The molecular weight excluding hydrogens is 195 g/mol. The second kappa shape index (κ2) is 5.49. The van der Waals surface area contributed by atoms with Gasteiger partial charge in [0.15, 0.2) is 11.6 Å². The predicted molar refractivity (Wildman–Crippen MR) is 56.5 cm³/mol. The SMILES string of the molecule is COc1ccc(CCC(C)C=O)cc1F. The van der Waals surface area contributed by atoms with Crippen molar-refractivity contribution in [3.63, 3.8) is 0 Å². The van der Waals surface area contributed by atoms with Gasteiger partial charge in [0.2, 0.25) is 0 Å². The first kappa shape index (κ1) is 11.7. The van der Waals surface area contributed by atoms with Crippen LogP contribution in [0.2, 0.25) is 0 Å². The normalized spacial score (nSPS) is 12.2. The number of carbonyl (C=O) groups is 1. The Morgan fingerprint density at radius 3 is 2.80 bits per heavy atom. The van der Waals surface area contributed by atoms with Crippen LogP contribution < -0.4 is 4.74 Å². The Kier molecular flexibility index (Phi) is 4.28. The van der Waals surface area contributed by atoms with Gasteiger partial charge in [0.25, 0.3) is 0 Å². The summed E-state index contributed by atoms with van der Waals surface area (Å²) in [6, 6.07) is 4.88. The van der Waals surface area contributed by atoms with Gasteiger partial charge >= 0.3 is 0 Å². The molecule has 0 amide bonds. The van der Waals surface area contributed by atoms with Gasteiger partial charge in [0.05, 0.1) is 7.11 Å². The quantitative estimate of drug-likeness (QED) is 0.698. The third kappa shape index (κ3) is 3.35. The molecule has 0 aliphatic rings. The second-order valence-electron chi connectivity index (χ2n) is 3.62. The van der Waals surface area contributed by atoms with Crippen molar-refractivity contribution in [2.45, 2.75) is 19.8 Å². The fourth-order valence-electron chi connectivity index (χ4n) is 1.33. The molecular formula is C12H15FO2. The molecule has 1 aromatic carbocycles. The first-order valence-corrected chi connectivity index (χ1v) is 4.95. The van der Waals surface area contributed by atoms with E-state index < -0.39 is 0 Å². The lowest BCUT2D eigenvalue weighted by Crippen LogP contribution is -1.99. The fraction of sp³-hybridized carbons (Fsp3) is 0.417.